The highest BCUT2D eigenvalue weighted by molar-refractivity contribution is 7.98. The predicted molar refractivity (Wildman–Crippen MR) is 100 cm³/mol. The molecule has 3 aliphatic rings. The Morgan fingerprint density at radius 3 is 2.72 bits per heavy atom. The fraction of sp³-hybridized carbons (Fsp3) is 0.579. The van der Waals surface area contributed by atoms with Gasteiger partial charge in [-0.15, -0.1) is 11.8 Å². The number of carbonyl (C=O) groups excluding carboxylic acids is 2. The highest BCUT2D eigenvalue weighted by Crippen LogP contribution is 2.31. The van der Waals surface area contributed by atoms with E-state index in [0.29, 0.717) is 0 Å². The summed E-state index contributed by atoms with van der Waals surface area (Å²) in [6.45, 7) is 2.73. The number of carbonyl (C=O) groups is 2. The topological polar surface area (TPSA) is 43.9 Å². The number of benzene rings is 1. The molecule has 3 fully saturated rings. The molecule has 1 aromatic rings. The van der Waals surface area contributed by atoms with E-state index in [-0.39, 0.29) is 30.3 Å². The molecule has 0 saturated carbocycles. The van der Waals surface area contributed by atoms with Crippen LogP contribution in [0, 0.1) is 5.92 Å². The summed E-state index contributed by atoms with van der Waals surface area (Å²) in [5.74, 6) is 0.183. The second-order valence-corrected chi connectivity index (χ2v) is 8.04. The molecule has 0 radical (unpaired) electrons. The van der Waals surface area contributed by atoms with Crippen molar-refractivity contribution in [2.45, 2.75) is 30.3 Å². The summed E-state index contributed by atoms with van der Waals surface area (Å²) in [5.41, 5.74) is 1.32. The minimum absolute atomic E-state index is 0.000165. The van der Waals surface area contributed by atoms with Crippen LogP contribution in [0.5, 0.6) is 0 Å². The van der Waals surface area contributed by atoms with Crippen LogP contribution in [-0.2, 0) is 16.1 Å². The van der Waals surface area contributed by atoms with E-state index in [0.717, 1.165) is 32.5 Å². The number of rotatable bonds is 5. The van der Waals surface area contributed by atoms with Crippen LogP contribution in [0.15, 0.2) is 29.2 Å². The summed E-state index contributed by atoms with van der Waals surface area (Å²) in [5, 5.41) is 0. The quantitative estimate of drug-likeness (QED) is 0.752. The Balaban J connectivity index is 1.74. The lowest BCUT2D eigenvalue weighted by Crippen LogP contribution is -2.51. The zero-order valence-electron chi connectivity index (χ0n) is 15.3. The normalized spacial score (nSPS) is 23.6. The van der Waals surface area contributed by atoms with Gasteiger partial charge in [0.25, 0.3) is 0 Å². The molecule has 5 nitrogen and oxygen atoms in total. The molecule has 2 amide bonds. The van der Waals surface area contributed by atoms with Crippen molar-refractivity contribution < 1.29 is 9.59 Å². The van der Waals surface area contributed by atoms with Crippen LogP contribution in [0.1, 0.15) is 18.4 Å². The minimum Gasteiger partial charge on any atom is -0.347 e. The molecular formula is C19H27N3O2S. The maximum absolute atomic E-state index is 12.8. The molecule has 0 aromatic heterocycles. The van der Waals surface area contributed by atoms with Gasteiger partial charge in [-0.25, -0.2) is 0 Å². The van der Waals surface area contributed by atoms with E-state index in [4.69, 9.17) is 0 Å². The van der Waals surface area contributed by atoms with Gasteiger partial charge in [-0.3, -0.25) is 14.5 Å². The largest absolute Gasteiger partial charge is 0.347 e. The minimum atomic E-state index is 0.000165. The van der Waals surface area contributed by atoms with Gasteiger partial charge in [-0.1, -0.05) is 18.2 Å². The number of likely N-dealkylation sites (N-methyl/N-ethyl adjacent to an activating group) is 1. The van der Waals surface area contributed by atoms with Gasteiger partial charge in [0.2, 0.25) is 11.8 Å². The van der Waals surface area contributed by atoms with Crippen LogP contribution < -0.4 is 0 Å². The number of hydrogen-bond donors (Lipinski definition) is 0. The third-order valence-corrected chi connectivity index (χ3v) is 6.10. The third kappa shape index (κ3) is 4.01. The van der Waals surface area contributed by atoms with Crippen molar-refractivity contribution in [3.05, 3.63) is 29.8 Å². The second-order valence-electron chi connectivity index (χ2n) is 7.19. The average molecular weight is 362 g/mol. The first-order valence-electron chi connectivity index (χ1n) is 8.84. The molecule has 1 aromatic carbocycles. The van der Waals surface area contributed by atoms with Crippen LogP contribution in [0.4, 0.5) is 0 Å². The van der Waals surface area contributed by atoms with Crippen molar-refractivity contribution in [1.82, 2.24) is 14.7 Å². The summed E-state index contributed by atoms with van der Waals surface area (Å²) in [4.78, 5) is 32.0. The number of fused-ring (bicyclic) bond motifs is 4. The van der Waals surface area contributed by atoms with Crippen LogP contribution in [0.25, 0.3) is 0 Å². The maximum Gasteiger partial charge on any atom is 0.241 e. The van der Waals surface area contributed by atoms with Gasteiger partial charge in [0.15, 0.2) is 0 Å². The fourth-order valence-corrected chi connectivity index (χ4v) is 4.44. The van der Waals surface area contributed by atoms with Gasteiger partial charge >= 0.3 is 0 Å². The molecule has 3 aliphatic heterocycles. The highest BCUT2D eigenvalue weighted by atomic mass is 32.2. The van der Waals surface area contributed by atoms with E-state index in [1.807, 2.05) is 4.90 Å². The monoisotopic (exact) mass is 361 g/mol. The van der Waals surface area contributed by atoms with Gasteiger partial charge in [-0.2, -0.15) is 0 Å². The summed E-state index contributed by atoms with van der Waals surface area (Å²) in [6.07, 6.45) is 4.04. The molecular weight excluding hydrogens is 334 g/mol. The summed E-state index contributed by atoms with van der Waals surface area (Å²) in [6, 6.07) is 8.62. The number of hydrogen-bond acceptors (Lipinski definition) is 4. The van der Waals surface area contributed by atoms with Crippen molar-refractivity contribution in [3.63, 3.8) is 0 Å². The van der Waals surface area contributed by atoms with Crippen molar-refractivity contribution >= 4 is 23.6 Å². The summed E-state index contributed by atoms with van der Waals surface area (Å²) >= 11 is 1.76. The Kier molecular flexibility index (Phi) is 5.69. The van der Waals surface area contributed by atoms with E-state index in [2.05, 4.69) is 35.4 Å². The Morgan fingerprint density at radius 1 is 1.24 bits per heavy atom. The summed E-state index contributed by atoms with van der Waals surface area (Å²) < 4.78 is 0. The lowest BCUT2D eigenvalue weighted by molar-refractivity contribution is -0.145. The van der Waals surface area contributed by atoms with Crippen LogP contribution >= 0.6 is 11.8 Å². The first kappa shape index (κ1) is 18.3. The Bertz CT molecular complexity index is 649. The zero-order valence-corrected chi connectivity index (χ0v) is 16.1. The Labute approximate surface area is 154 Å². The van der Waals surface area contributed by atoms with Crippen molar-refractivity contribution in [2.24, 2.45) is 5.92 Å². The number of piperidine rings is 1. The molecule has 25 heavy (non-hydrogen) atoms. The SMILES string of the molecule is CSc1ccccc1CN1C[C@@H]2CC[C@H](C1)N(CC(=O)N(C)C)C2=O. The van der Waals surface area contributed by atoms with E-state index in [1.54, 1.807) is 30.8 Å². The third-order valence-electron chi connectivity index (χ3n) is 5.26. The first-order chi connectivity index (χ1) is 12.0. The predicted octanol–water partition coefficient (Wildman–Crippen LogP) is 1.92. The Hall–Kier alpha value is -1.53. The fourth-order valence-electron chi connectivity index (χ4n) is 3.83. The molecule has 0 aliphatic carbocycles. The van der Waals surface area contributed by atoms with E-state index in [9.17, 15) is 9.59 Å². The molecule has 3 saturated heterocycles. The smallest absolute Gasteiger partial charge is 0.241 e. The molecule has 0 unspecified atom stereocenters. The van der Waals surface area contributed by atoms with Crippen LogP contribution in [-0.4, -0.2) is 72.5 Å². The number of amides is 2. The number of nitrogens with zero attached hydrogens (tertiary/aromatic N) is 3. The van der Waals surface area contributed by atoms with Crippen molar-refractivity contribution in [3.8, 4) is 0 Å². The van der Waals surface area contributed by atoms with Crippen molar-refractivity contribution in [1.29, 1.82) is 0 Å². The van der Waals surface area contributed by atoms with Crippen molar-refractivity contribution in [2.75, 3.05) is 40.0 Å². The first-order valence-corrected chi connectivity index (χ1v) is 10.1. The zero-order chi connectivity index (χ0) is 18.0. The molecule has 3 heterocycles. The van der Waals surface area contributed by atoms with E-state index < -0.39 is 0 Å². The lowest BCUT2D eigenvalue weighted by Gasteiger charge is -2.36. The van der Waals surface area contributed by atoms with Gasteiger partial charge in [0.05, 0.1) is 5.92 Å². The van der Waals surface area contributed by atoms with Crippen LogP contribution in [0.3, 0.4) is 0 Å². The molecule has 6 heteroatoms. The van der Waals surface area contributed by atoms with E-state index in [1.165, 1.54) is 10.5 Å². The maximum atomic E-state index is 12.8. The summed E-state index contributed by atoms with van der Waals surface area (Å²) in [7, 11) is 3.49. The lowest BCUT2D eigenvalue weighted by atomic mass is 9.94. The van der Waals surface area contributed by atoms with Gasteiger partial charge in [-0.05, 0) is 30.7 Å². The average Bonchev–Trinajstić information content (AvgIpc) is 2.87. The van der Waals surface area contributed by atoms with E-state index >= 15 is 0 Å². The highest BCUT2D eigenvalue weighted by Gasteiger charge is 2.41. The number of thioether (sulfide) groups is 1. The van der Waals surface area contributed by atoms with Gasteiger partial charge < -0.3 is 9.80 Å². The molecule has 4 rings (SSSR count). The standard InChI is InChI=1S/C19H27N3O2S/c1-20(2)18(23)13-22-16-9-8-15(19(22)24)11-21(12-16)10-14-6-4-5-7-17(14)25-3/h4-7,15-16H,8-13H2,1-3H3/t15-,16+/m0/s1. The molecule has 136 valence electrons. The van der Waals surface area contributed by atoms with Crippen LogP contribution in [0.2, 0.25) is 0 Å². The molecule has 2 atom stereocenters. The Morgan fingerprint density at radius 2 is 2.00 bits per heavy atom. The van der Waals surface area contributed by atoms with Gasteiger partial charge in [0, 0.05) is 44.7 Å². The second kappa shape index (κ2) is 7.79. The molecule has 0 spiro atoms. The molecule has 0 N–H and O–H groups in total. The van der Waals surface area contributed by atoms with Gasteiger partial charge in [0.1, 0.15) is 6.54 Å². The molecule has 2 bridgehead atoms.